The van der Waals surface area contributed by atoms with E-state index in [1.54, 1.807) is 18.2 Å². The summed E-state index contributed by atoms with van der Waals surface area (Å²) in [5.74, 6) is -0.456. The number of aromatic nitrogens is 6. The van der Waals surface area contributed by atoms with Crippen molar-refractivity contribution < 1.29 is 28.5 Å². The van der Waals surface area contributed by atoms with Crippen molar-refractivity contribution in [3.05, 3.63) is 82.8 Å². The number of hydrogen-bond donors (Lipinski definition) is 0. The van der Waals surface area contributed by atoms with E-state index in [0.29, 0.717) is 35.8 Å². The van der Waals surface area contributed by atoms with E-state index in [9.17, 15) is 14.5 Å². The molecule has 0 spiro atoms. The van der Waals surface area contributed by atoms with Crippen molar-refractivity contribution in [1.82, 2.24) is 29.9 Å². The smallest absolute Gasteiger partial charge is 0.465 e. The minimum absolute atomic E-state index is 0.179. The van der Waals surface area contributed by atoms with Crippen LogP contribution in [0.1, 0.15) is 61.9 Å². The Hall–Kier alpha value is -5.66. The number of tetrazole rings is 1. The molecule has 0 amide bonds. The quantitative estimate of drug-likeness (QED) is 0.0903. The van der Waals surface area contributed by atoms with E-state index in [4.69, 9.17) is 18.9 Å². The third-order valence-electron chi connectivity index (χ3n) is 7.88. The van der Waals surface area contributed by atoms with Gasteiger partial charge in [-0.1, -0.05) is 65.8 Å². The Morgan fingerprint density at radius 1 is 0.957 bits per heavy atom. The molecule has 0 N–H and O–H groups in total. The highest BCUT2D eigenvalue weighted by molar-refractivity contribution is 6.02. The highest BCUT2D eigenvalue weighted by atomic mass is 16.8. The van der Waals surface area contributed by atoms with Gasteiger partial charge in [-0.3, -0.25) is 4.57 Å². The van der Waals surface area contributed by atoms with E-state index in [2.05, 4.69) is 25.8 Å². The van der Waals surface area contributed by atoms with Crippen molar-refractivity contribution in [2.45, 2.75) is 64.9 Å². The topological polar surface area (TPSA) is 162 Å². The van der Waals surface area contributed by atoms with Crippen molar-refractivity contribution >= 4 is 23.2 Å². The molecule has 1 atom stereocenters. The highest BCUT2D eigenvalue weighted by Gasteiger charge is 2.25. The summed E-state index contributed by atoms with van der Waals surface area (Å²) in [6.07, 6.45) is 2.53. The van der Waals surface area contributed by atoms with Crippen LogP contribution in [-0.2, 0) is 20.8 Å². The highest BCUT2D eigenvalue weighted by Crippen LogP contribution is 2.32. The van der Waals surface area contributed by atoms with Crippen LogP contribution in [-0.4, -0.2) is 61.0 Å². The molecule has 3 aromatic carbocycles. The first-order valence-corrected chi connectivity index (χ1v) is 15.5. The molecule has 14 nitrogen and oxygen atoms in total. The first-order valence-electron chi connectivity index (χ1n) is 15.5. The molecule has 1 aliphatic carbocycles. The molecule has 1 aliphatic rings. The fourth-order valence-corrected chi connectivity index (χ4v) is 5.74. The van der Waals surface area contributed by atoms with E-state index in [-0.39, 0.29) is 17.5 Å². The second-order valence-electron chi connectivity index (χ2n) is 11.0. The summed E-state index contributed by atoms with van der Waals surface area (Å²) in [5, 5.41) is 14.0. The van der Waals surface area contributed by atoms with Gasteiger partial charge in [-0.25, -0.2) is 9.59 Å². The number of carbonyl (C=O) groups is 2. The zero-order chi connectivity index (χ0) is 32.8. The molecule has 0 radical (unpaired) electrons. The van der Waals surface area contributed by atoms with Gasteiger partial charge >= 0.3 is 12.1 Å². The average molecular weight is 640 g/mol. The van der Waals surface area contributed by atoms with E-state index < -0.39 is 18.4 Å². The third kappa shape index (κ3) is 6.95. The summed E-state index contributed by atoms with van der Waals surface area (Å²) < 4.78 is 23.8. The minimum atomic E-state index is -1.17. The Labute approximate surface area is 269 Å². The molecule has 0 aliphatic heterocycles. The number of imidazole rings is 1. The molecule has 0 saturated heterocycles. The van der Waals surface area contributed by atoms with E-state index >= 15 is 0 Å². The fraction of sp³-hybridized carbons (Fsp3) is 0.333. The first kappa shape index (κ1) is 31.3. The van der Waals surface area contributed by atoms with Crippen molar-refractivity contribution in [3.63, 3.8) is 0 Å². The third-order valence-corrected chi connectivity index (χ3v) is 7.88. The summed E-state index contributed by atoms with van der Waals surface area (Å²) in [4.78, 5) is 42.4. The predicted molar refractivity (Wildman–Crippen MR) is 169 cm³/mol. The number of rotatable bonds is 11. The maximum absolute atomic E-state index is 13.4. The molecular formula is C33H33N7O7. The molecule has 0 bridgehead atoms. The van der Waals surface area contributed by atoms with Crippen LogP contribution in [0.3, 0.4) is 0 Å². The van der Waals surface area contributed by atoms with Gasteiger partial charge in [-0.2, -0.15) is 4.98 Å². The molecule has 1 unspecified atom stereocenters. The molecule has 2 aromatic heterocycles. The number of nitroso groups, excluding NO2 is 1. The molecular weight excluding hydrogens is 606 g/mol. The zero-order valence-corrected chi connectivity index (χ0v) is 25.9. The van der Waals surface area contributed by atoms with Gasteiger partial charge in [-0.15, -0.1) is 10.0 Å². The Bertz CT molecular complexity index is 1880. The van der Waals surface area contributed by atoms with Gasteiger partial charge in [0.15, 0.2) is 0 Å². The minimum Gasteiger partial charge on any atom is -0.465 e. The van der Waals surface area contributed by atoms with Gasteiger partial charge in [0.25, 0.3) is 6.01 Å². The molecule has 2 heterocycles. The molecule has 6 rings (SSSR count). The Morgan fingerprint density at radius 2 is 1.72 bits per heavy atom. The lowest BCUT2D eigenvalue weighted by atomic mass is 9.98. The van der Waals surface area contributed by atoms with Crippen LogP contribution in [0.4, 0.5) is 4.79 Å². The maximum atomic E-state index is 13.4. The van der Waals surface area contributed by atoms with Crippen LogP contribution in [0.25, 0.3) is 33.5 Å². The summed E-state index contributed by atoms with van der Waals surface area (Å²) >= 11 is 0. The molecule has 242 valence electrons. The van der Waals surface area contributed by atoms with Crippen molar-refractivity contribution in [2.24, 2.45) is 5.29 Å². The lowest BCUT2D eigenvalue weighted by Gasteiger charge is -2.22. The van der Waals surface area contributed by atoms with Gasteiger partial charge in [0.2, 0.25) is 12.1 Å². The standard InChI is InChI=1S/C33H33N7O7/c1-3-44-32-34-28-15-9-14-27(31(41)45-21(2)46-33(42)47-24-10-5-4-6-11-24)29(28)39(32)20-22-16-18-23(19-17-22)25-12-7-8-13-26(25)30-35-36-37-40(30)38-43/h7-9,12-19,21,24H,3-6,10-11,20H2,1-2H3. The van der Waals surface area contributed by atoms with Crippen LogP contribution < -0.4 is 4.74 Å². The number of nitrogens with zero attached hydrogens (tertiary/aromatic N) is 7. The second kappa shape index (κ2) is 14.2. The Morgan fingerprint density at radius 3 is 2.47 bits per heavy atom. The van der Waals surface area contributed by atoms with Gasteiger partial charge in [0, 0.05) is 12.5 Å². The number of para-hydroxylation sites is 1. The van der Waals surface area contributed by atoms with Gasteiger partial charge in [-0.05, 0) is 71.9 Å². The van der Waals surface area contributed by atoms with Crippen LogP contribution in [0.5, 0.6) is 6.01 Å². The molecule has 5 aromatic rings. The van der Waals surface area contributed by atoms with Crippen LogP contribution in [0, 0.1) is 4.91 Å². The Kier molecular flexibility index (Phi) is 9.46. The maximum Gasteiger partial charge on any atom is 0.511 e. The summed E-state index contributed by atoms with van der Waals surface area (Å²) in [5.41, 5.74) is 4.52. The average Bonchev–Trinajstić information content (AvgIpc) is 3.70. The molecule has 1 saturated carbocycles. The normalized spacial score (nSPS) is 14.0. The summed E-state index contributed by atoms with van der Waals surface area (Å²) in [7, 11) is 0. The van der Waals surface area contributed by atoms with Gasteiger partial charge in [0.05, 0.1) is 35.0 Å². The van der Waals surface area contributed by atoms with Crippen molar-refractivity contribution in [3.8, 4) is 28.5 Å². The number of fused-ring (bicyclic) bond motifs is 1. The Balaban J connectivity index is 1.23. The van der Waals surface area contributed by atoms with E-state index in [0.717, 1.165) is 53.6 Å². The second-order valence-corrected chi connectivity index (χ2v) is 11.0. The van der Waals surface area contributed by atoms with Crippen molar-refractivity contribution in [1.29, 1.82) is 0 Å². The van der Waals surface area contributed by atoms with Gasteiger partial charge < -0.3 is 18.9 Å². The SMILES string of the molecule is CCOc1nc2cccc(C(=O)OC(C)OC(=O)OC3CCCCC3)c2n1Cc1ccc(-c2ccccc2-c2nnnn2N=O)cc1. The number of benzene rings is 3. The number of esters is 1. The lowest BCUT2D eigenvalue weighted by Crippen LogP contribution is -2.26. The first-order chi connectivity index (χ1) is 22.9. The van der Waals surface area contributed by atoms with Crippen LogP contribution in [0.2, 0.25) is 0 Å². The molecule has 47 heavy (non-hydrogen) atoms. The lowest BCUT2D eigenvalue weighted by molar-refractivity contribution is -0.0914. The number of hydrogen-bond acceptors (Lipinski definition) is 12. The fourth-order valence-electron chi connectivity index (χ4n) is 5.74. The number of carbonyl (C=O) groups excluding carboxylic acids is 2. The zero-order valence-electron chi connectivity index (χ0n) is 25.9. The van der Waals surface area contributed by atoms with Gasteiger partial charge in [0.1, 0.15) is 6.10 Å². The largest absolute Gasteiger partial charge is 0.511 e. The molecule has 14 heteroatoms. The number of ether oxygens (including phenoxy) is 4. The van der Waals surface area contributed by atoms with E-state index in [1.165, 1.54) is 6.92 Å². The predicted octanol–water partition coefficient (Wildman–Crippen LogP) is 6.32. The van der Waals surface area contributed by atoms with E-state index in [1.807, 2.05) is 60.0 Å². The summed E-state index contributed by atoms with van der Waals surface area (Å²) in [6, 6.07) is 20.7. The van der Waals surface area contributed by atoms with Crippen LogP contribution >= 0.6 is 0 Å². The van der Waals surface area contributed by atoms with Crippen LogP contribution in [0.15, 0.2) is 72.0 Å². The monoisotopic (exact) mass is 639 g/mol. The molecule has 1 fully saturated rings. The van der Waals surface area contributed by atoms with Crippen molar-refractivity contribution in [2.75, 3.05) is 6.61 Å². The summed E-state index contributed by atoms with van der Waals surface area (Å²) in [6.45, 7) is 4.01.